The van der Waals surface area contributed by atoms with Gasteiger partial charge in [-0.05, 0) is 100 Å². The monoisotopic (exact) mass is 675 g/mol. The Morgan fingerprint density at radius 1 is 0.851 bits per heavy atom. The fourth-order valence-corrected chi connectivity index (χ4v) is 7.20. The zero-order valence-electron chi connectivity index (χ0n) is 28.9. The van der Waals surface area contributed by atoms with E-state index in [9.17, 15) is 18.9 Å². The zero-order valence-corrected chi connectivity index (χ0v) is 29.8. The first-order chi connectivity index (χ1) is 22.0. The lowest BCUT2D eigenvalue weighted by atomic mass is 10.0. The number of benzene rings is 2. The molecule has 1 aliphatic heterocycles. The second-order valence-corrected chi connectivity index (χ2v) is 15.4. The van der Waals surface area contributed by atoms with E-state index in [0.29, 0.717) is 30.9 Å². The van der Waals surface area contributed by atoms with Crippen molar-refractivity contribution >= 4 is 25.5 Å². The average Bonchev–Trinajstić information content (AvgIpc) is 3.49. The first-order valence-electron chi connectivity index (χ1n) is 15.9. The van der Waals surface area contributed by atoms with Crippen molar-refractivity contribution in [2.45, 2.75) is 91.2 Å². The summed E-state index contributed by atoms with van der Waals surface area (Å²) in [5.74, 6) is -0.551. The molecule has 260 valence electrons. The number of nitrogens with one attached hydrogen (secondary N) is 2. The number of carbonyl (C=O) groups excluding carboxylic acids is 3. The highest BCUT2D eigenvalue weighted by atomic mass is 31.2. The Bertz CT molecular complexity index is 1340. The van der Waals surface area contributed by atoms with Gasteiger partial charge in [-0.15, -0.1) is 0 Å². The van der Waals surface area contributed by atoms with Gasteiger partial charge in [0.05, 0.1) is 14.2 Å². The normalized spacial score (nSPS) is 16.3. The molecule has 0 saturated carbocycles. The van der Waals surface area contributed by atoms with E-state index in [0.717, 1.165) is 0 Å². The number of nitrogens with zero attached hydrogens (tertiary/aromatic N) is 1. The van der Waals surface area contributed by atoms with Crippen LogP contribution in [0.1, 0.15) is 67.7 Å². The molecule has 13 heteroatoms. The number of hydrogen-bond donors (Lipinski definition) is 2. The predicted molar refractivity (Wildman–Crippen MR) is 179 cm³/mol. The van der Waals surface area contributed by atoms with E-state index in [2.05, 4.69) is 10.6 Å². The van der Waals surface area contributed by atoms with E-state index < -0.39 is 49.0 Å². The number of carbonyl (C=O) groups is 3. The summed E-state index contributed by atoms with van der Waals surface area (Å²) in [7, 11) is -1.10. The molecule has 1 fully saturated rings. The Morgan fingerprint density at radius 2 is 1.34 bits per heavy atom. The van der Waals surface area contributed by atoms with Crippen LogP contribution >= 0.6 is 7.60 Å². The molecule has 3 amide bonds. The Hall–Kier alpha value is -3.92. The SMILES string of the molecule is COc1ccc(OP(=O)(Oc2ccc(OC)cc2)C(CC(C)C)NC(=O)[C@@H]2CCCN2C(=O)[C@@H](NC(=O)OC(C)(C)C)C(C)C)cc1. The van der Waals surface area contributed by atoms with Crippen molar-refractivity contribution in [2.24, 2.45) is 11.8 Å². The fraction of sp³-hybridized carbons (Fsp3) is 0.559. The maximum atomic E-state index is 14.8. The molecule has 0 radical (unpaired) electrons. The maximum Gasteiger partial charge on any atom is 0.452 e. The van der Waals surface area contributed by atoms with Crippen molar-refractivity contribution in [3.05, 3.63) is 48.5 Å². The van der Waals surface area contributed by atoms with Crippen LogP contribution in [0.5, 0.6) is 23.0 Å². The van der Waals surface area contributed by atoms with Gasteiger partial charge in [0.1, 0.15) is 40.7 Å². The quantitative estimate of drug-likeness (QED) is 0.218. The fourth-order valence-electron chi connectivity index (χ4n) is 5.12. The summed E-state index contributed by atoms with van der Waals surface area (Å²) in [4.78, 5) is 41.8. The molecule has 2 N–H and O–H groups in total. The number of rotatable bonds is 14. The van der Waals surface area contributed by atoms with Gasteiger partial charge in [-0.2, -0.15) is 0 Å². The lowest BCUT2D eigenvalue weighted by Gasteiger charge is -2.33. The van der Waals surface area contributed by atoms with Crippen LogP contribution in [0.2, 0.25) is 0 Å². The van der Waals surface area contributed by atoms with Gasteiger partial charge < -0.3 is 38.8 Å². The van der Waals surface area contributed by atoms with E-state index in [4.69, 9.17) is 23.3 Å². The third kappa shape index (κ3) is 10.8. The van der Waals surface area contributed by atoms with Crippen LogP contribution in [0.4, 0.5) is 4.79 Å². The molecule has 0 aliphatic carbocycles. The number of ether oxygens (including phenoxy) is 3. The summed E-state index contributed by atoms with van der Waals surface area (Å²) in [6.07, 6.45) is 0.518. The van der Waals surface area contributed by atoms with E-state index in [1.54, 1.807) is 69.3 Å². The van der Waals surface area contributed by atoms with Gasteiger partial charge in [-0.1, -0.05) is 27.7 Å². The van der Waals surface area contributed by atoms with Crippen molar-refractivity contribution in [2.75, 3.05) is 20.8 Å². The summed E-state index contributed by atoms with van der Waals surface area (Å²) in [6, 6.07) is 11.3. The minimum atomic E-state index is -4.18. The Balaban J connectivity index is 1.91. The van der Waals surface area contributed by atoms with E-state index in [-0.39, 0.29) is 29.8 Å². The molecular formula is C34H50N3O9P. The second kappa shape index (κ2) is 16.3. The van der Waals surface area contributed by atoms with Crippen LogP contribution < -0.4 is 29.2 Å². The molecule has 3 rings (SSSR count). The minimum absolute atomic E-state index is 0.0165. The van der Waals surface area contributed by atoms with Gasteiger partial charge in [0.2, 0.25) is 11.8 Å². The molecule has 2 aromatic carbocycles. The maximum absolute atomic E-state index is 14.8. The average molecular weight is 676 g/mol. The number of hydrogen-bond acceptors (Lipinski definition) is 9. The number of amides is 3. The van der Waals surface area contributed by atoms with Crippen molar-refractivity contribution in [1.82, 2.24) is 15.5 Å². The summed E-state index contributed by atoms with van der Waals surface area (Å²) >= 11 is 0. The minimum Gasteiger partial charge on any atom is -0.497 e. The standard InChI is InChI=1S/C34H50N3O9P/c1-22(2)21-29(47(41,45-26-16-12-24(42-8)13-17-26)46-27-18-14-25(43-9)15-19-27)35-31(38)28-11-10-20-37(28)32(39)30(23(3)4)36-33(40)44-34(5,6)7/h12-19,22-23,28-30H,10-11,20-21H2,1-9H3,(H,35,38)(H,36,40)/t28-,29?,30-/m0/s1. The van der Waals surface area contributed by atoms with Crippen LogP contribution in [-0.2, 0) is 18.9 Å². The lowest BCUT2D eigenvalue weighted by Crippen LogP contribution is -2.56. The number of likely N-dealkylation sites (tertiary alicyclic amines) is 1. The van der Waals surface area contributed by atoms with E-state index in [1.165, 1.54) is 19.1 Å². The molecule has 47 heavy (non-hydrogen) atoms. The highest BCUT2D eigenvalue weighted by molar-refractivity contribution is 7.55. The van der Waals surface area contributed by atoms with Crippen molar-refractivity contribution in [3.63, 3.8) is 0 Å². The van der Waals surface area contributed by atoms with E-state index in [1.807, 2.05) is 27.7 Å². The van der Waals surface area contributed by atoms with Gasteiger partial charge in [-0.3, -0.25) is 9.59 Å². The second-order valence-electron chi connectivity index (χ2n) is 13.3. The molecule has 0 aromatic heterocycles. The van der Waals surface area contributed by atoms with Crippen LogP contribution in [0, 0.1) is 11.8 Å². The Kier molecular flexibility index (Phi) is 13.0. The molecule has 2 aromatic rings. The molecule has 1 heterocycles. The summed E-state index contributed by atoms with van der Waals surface area (Å²) in [5.41, 5.74) is -0.744. The van der Waals surface area contributed by atoms with Gasteiger partial charge in [0.15, 0.2) is 5.78 Å². The van der Waals surface area contributed by atoms with Crippen LogP contribution in [0.15, 0.2) is 48.5 Å². The highest BCUT2D eigenvalue weighted by Gasteiger charge is 2.45. The predicted octanol–water partition coefficient (Wildman–Crippen LogP) is 6.38. The van der Waals surface area contributed by atoms with E-state index >= 15 is 0 Å². The van der Waals surface area contributed by atoms with Gasteiger partial charge in [-0.25, -0.2) is 9.36 Å². The van der Waals surface area contributed by atoms with Crippen LogP contribution in [0.3, 0.4) is 0 Å². The molecular weight excluding hydrogens is 625 g/mol. The third-order valence-corrected chi connectivity index (χ3v) is 9.45. The summed E-state index contributed by atoms with van der Waals surface area (Å²) < 4.78 is 42.9. The highest BCUT2D eigenvalue weighted by Crippen LogP contribution is 2.54. The number of alkyl carbamates (subject to hydrolysis) is 1. The first kappa shape index (κ1) is 37.5. The van der Waals surface area contributed by atoms with Crippen LogP contribution in [-0.4, -0.2) is 67.0 Å². The molecule has 1 aliphatic rings. The third-order valence-electron chi connectivity index (χ3n) is 7.41. The molecule has 12 nitrogen and oxygen atoms in total. The smallest absolute Gasteiger partial charge is 0.452 e. The van der Waals surface area contributed by atoms with Gasteiger partial charge >= 0.3 is 13.7 Å². The Morgan fingerprint density at radius 3 is 1.77 bits per heavy atom. The Labute approximate surface area is 278 Å². The molecule has 1 saturated heterocycles. The molecule has 0 spiro atoms. The van der Waals surface area contributed by atoms with Crippen molar-refractivity contribution in [3.8, 4) is 23.0 Å². The lowest BCUT2D eigenvalue weighted by molar-refractivity contribution is -0.141. The summed E-state index contributed by atoms with van der Waals surface area (Å²) in [5, 5.41) is 5.62. The zero-order chi connectivity index (χ0) is 34.9. The van der Waals surface area contributed by atoms with Crippen LogP contribution in [0.25, 0.3) is 0 Å². The largest absolute Gasteiger partial charge is 0.497 e. The van der Waals surface area contributed by atoms with Gasteiger partial charge in [0.25, 0.3) is 0 Å². The summed E-state index contributed by atoms with van der Waals surface area (Å²) in [6.45, 7) is 13.0. The molecule has 0 bridgehead atoms. The first-order valence-corrected chi connectivity index (χ1v) is 17.5. The van der Waals surface area contributed by atoms with Gasteiger partial charge in [0, 0.05) is 6.54 Å². The van der Waals surface area contributed by atoms with Crippen molar-refractivity contribution in [1.29, 1.82) is 0 Å². The van der Waals surface area contributed by atoms with Crippen molar-refractivity contribution < 1.29 is 42.2 Å². The molecule has 1 unspecified atom stereocenters. The molecule has 3 atom stereocenters. The topological polar surface area (TPSA) is 142 Å². The number of methoxy groups -OCH3 is 2.